The van der Waals surface area contributed by atoms with Gasteiger partial charge in [-0.2, -0.15) is 0 Å². The Hall–Kier alpha value is -1.13. The van der Waals surface area contributed by atoms with E-state index in [1.807, 2.05) is 0 Å². The van der Waals surface area contributed by atoms with E-state index in [0.717, 1.165) is 36.8 Å². The van der Waals surface area contributed by atoms with Crippen LogP contribution in [0.5, 0.6) is 5.75 Å². The molecule has 18 heavy (non-hydrogen) atoms. The highest BCUT2D eigenvalue weighted by Crippen LogP contribution is 2.42. The van der Waals surface area contributed by atoms with Gasteiger partial charge in [-0.15, -0.1) is 0 Å². The maximum absolute atomic E-state index is 13.6. The van der Waals surface area contributed by atoms with Gasteiger partial charge in [0.05, 0.1) is 13.7 Å². The van der Waals surface area contributed by atoms with E-state index in [1.54, 1.807) is 14.2 Å². The number of rotatable bonds is 4. The van der Waals surface area contributed by atoms with Crippen LogP contribution in [0.3, 0.4) is 0 Å². The van der Waals surface area contributed by atoms with Gasteiger partial charge < -0.3 is 15.2 Å². The Morgan fingerprint density at radius 1 is 1.28 bits per heavy atom. The van der Waals surface area contributed by atoms with Crippen LogP contribution in [0.15, 0.2) is 12.1 Å². The first-order chi connectivity index (χ1) is 8.60. The van der Waals surface area contributed by atoms with Crippen LogP contribution in [-0.2, 0) is 16.9 Å². The summed E-state index contributed by atoms with van der Waals surface area (Å²) in [6.07, 6.45) is 4.02. The van der Waals surface area contributed by atoms with E-state index in [1.165, 1.54) is 12.1 Å². The minimum atomic E-state index is -0.410. The van der Waals surface area contributed by atoms with Gasteiger partial charge in [-0.25, -0.2) is 4.39 Å². The van der Waals surface area contributed by atoms with Crippen molar-refractivity contribution in [2.45, 2.75) is 37.8 Å². The monoisotopic (exact) mass is 253 g/mol. The molecule has 0 heterocycles. The van der Waals surface area contributed by atoms with E-state index in [9.17, 15) is 4.39 Å². The summed E-state index contributed by atoms with van der Waals surface area (Å²) in [7, 11) is 3.15. The fraction of sp³-hybridized carbons (Fsp3) is 0.571. The number of methoxy groups -OCH3 is 2. The molecular formula is C14H20FNO2. The molecule has 1 aliphatic rings. The summed E-state index contributed by atoms with van der Waals surface area (Å²) in [5.41, 5.74) is 7.77. The Labute approximate surface area is 107 Å². The molecule has 0 spiro atoms. The largest absolute Gasteiger partial charge is 0.496 e. The zero-order chi connectivity index (χ0) is 13.2. The molecule has 3 nitrogen and oxygen atoms in total. The molecule has 2 N–H and O–H groups in total. The summed E-state index contributed by atoms with van der Waals surface area (Å²) in [6, 6.07) is 2.90. The van der Waals surface area contributed by atoms with Gasteiger partial charge in [0.15, 0.2) is 0 Å². The van der Waals surface area contributed by atoms with Gasteiger partial charge in [-0.05, 0) is 24.5 Å². The highest BCUT2D eigenvalue weighted by Gasteiger charge is 2.36. The minimum Gasteiger partial charge on any atom is -0.496 e. The van der Waals surface area contributed by atoms with E-state index >= 15 is 0 Å². The molecule has 0 unspecified atom stereocenters. The Kier molecular flexibility index (Phi) is 3.88. The fourth-order valence-corrected chi connectivity index (χ4v) is 2.89. The summed E-state index contributed by atoms with van der Waals surface area (Å²) in [5, 5.41) is 0. The molecule has 0 aliphatic heterocycles. The maximum atomic E-state index is 13.6. The third-order valence-electron chi connectivity index (χ3n) is 3.66. The number of halogens is 1. The topological polar surface area (TPSA) is 44.5 Å². The van der Waals surface area contributed by atoms with Crippen molar-refractivity contribution in [1.82, 2.24) is 0 Å². The smallest absolute Gasteiger partial charge is 0.127 e. The lowest BCUT2D eigenvalue weighted by Crippen LogP contribution is -2.35. The second kappa shape index (κ2) is 5.24. The lowest BCUT2D eigenvalue weighted by Gasteiger charge is -2.29. The molecule has 0 radical (unpaired) electrons. The summed E-state index contributed by atoms with van der Waals surface area (Å²) in [6.45, 7) is 0.350. The van der Waals surface area contributed by atoms with Crippen molar-refractivity contribution in [2.75, 3.05) is 14.2 Å². The maximum Gasteiger partial charge on any atom is 0.127 e. The van der Waals surface area contributed by atoms with Crippen LogP contribution in [0, 0.1) is 5.82 Å². The molecule has 1 aromatic carbocycles. The zero-order valence-corrected chi connectivity index (χ0v) is 11.0. The van der Waals surface area contributed by atoms with Crippen molar-refractivity contribution in [3.63, 3.8) is 0 Å². The first-order valence-corrected chi connectivity index (χ1v) is 6.25. The van der Waals surface area contributed by atoms with Gasteiger partial charge in [0.25, 0.3) is 0 Å². The van der Waals surface area contributed by atoms with Crippen molar-refractivity contribution >= 4 is 0 Å². The van der Waals surface area contributed by atoms with Gasteiger partial charge in [-0.3, -0.25) is 0 Å². The number of hydrogen-bond donors (Lipinski definition) is 1. The molecule has 1 fully saturated rings. The zero-order valence-electron chi connectivity index (χ0n) is 11.0. The highest BCUT2D eigenvalue weighted by atomic mass is 19.1. The first-order valence-electron chi connectivity index (χ1n) is 6.25. The van der Waals surface area contributed by atoms with Crippen LogP contribution in [0.1, 0.15) is 36.8 Å². The van der Waals surface area contributed by atoms with Gasteiger partial charge in [0.2, 0.25) is 0 Å². The molecule has 0 amide bonds. The van der Waals surface area contributed by atoms with E-state index in [0.29, 0.717) is 12.4 Å². The van der Waals surface area contributed by atoms with Crippen LogP contribution in [-0.4, -0.2) is 14.2 Å². The number of hydrogen-bond acceptors (Lipinski definition) is 3. The third kappa shape index (κ3) is 2.35. The van der Waals surface area contributed by atoms with Crippen molar-refractivity contribution < 1.29 is 13.9 Å². The molecule has 4 heteroatoms. The van der Waals surface area contributed by atoms with Crippen LogP contribution >= 0.6 is 0 Å². The third-order valence-corrected chi connectivity index (χ3v) is 3.66. The molecule has 100 valence electrons. The normalized spacial score (nSPS) is 18.0. The van der Waals surface area contributed by atoms with Gasteiger partial charge in [-0.1, -0.05) is 12.8 Å². The van der Waals surface area contributed by atoms with E-state index in [-0.39, 0.29) is 5.82 Å². The second-order valence-corrected chi connectivity index (χ2v) is 4.94. The average Bonchev–Trinajstić information content (AvgIpc) is 2.76. The van der Waals surface area contributed by atoms with Crippen molar-refractivity contribution in [3.05, 3.63) is 29.1 Å². The lowest BCUT2D eigenvalue weighted by atomic mass is 9.85. The minimum absolute atomic E-state index is 0.316. The molecule has 0 aromatic heterocycles. The predicted molar refractivity (Wildman–Crippen MR) is 68.0 cm³/mol. The van der Waals surface area contributed by atoms with Gasteiger partial charge >= 0.3 is 0 Å². The quantitative estimate of drug-likeness (QED) is 0.897. The molecule has 1 aliphatic carbocycles. The van der Waals surface area contributed by atoms with Crippen LogP contribution < -0.4 is 10.5 Å². The predicted octanol–water partition coefficient (Wildman–Crippen LogP) is 2.71. The number of nitrogens with two attached hydrogens (primary N) is 1. The highest BCUT2D eigenvalue weighted by molar-refractivity contribution is 5.46. The number of benzene rings is 1. The molecule has 0 bridgehead atoms. The Bertz CT molecular complexity index is 428. The van der Waals surface area contributed by atoms with E-state index in [2.05, 4.69) is 0 Å². The molecule has 2 rings (SSSR count). The molecule has 0 saturated heterocycles. The molecule has 1 saturated carbocycles. The van der Waals surface area contributed by atoms with E-state index < -0.39 is 5.54 Å². The SMILES string of the molecule is COCc1cc(F)cc(OC)c1C1(N)CCCC1. The fourth-order valence-electron chi connectivity index (χ4n) is 2.89. The van der Waals surface area contributed by atoms with Crippen LogP contribution in [0.4, 0.5) is 4.39 Å². The Morgan fingerprint density at radius 3 is 2.50 bits per heavy atom. The number of ether oxygens (including phenoxy) is 2. The van der Waals surface area contributed by atoms with Crippen molar-refractivity contribution in [1.29, 1.82) is 0 Å². The molecule has 1 aromatic rings. The average molecular weight is 253 g/mol. The summed E-state index contributed by atoms with van der Waals surface area (Å²) in [4.78, 5) is 0. The Morgan fingerprint density at radius 2 is 1.94 bits per heavy atom. The standard InChI is InChI=1S/C14H20FNO2/c1-17-9-10-7-11(15)8-12(18-2)13(10)14(16)5-3-4-6-14/h7-8H,3-6,9,16H2,1-2H3. The lowest BCUT2D eigenvalue weighted by molar-refractivity contribution is 0.181. The van der Waals surface area contributed by atoms with Crippen LogP contribution in [0.25, 0.3) is 0 Å². The van der Waals surface area contributed by atoms with Crippen molar-refractivity contribution in [3.8, 4) is 5.75 Å². The van der Waals surface area contributed by atoms with Crippen molar-refractivity contribution in [2.24, 2.45) is 5.73 Å². The summed E-state index contributed by atoms with van der Waals surface area (Å²) >= 11 is 0. The first kappa shape index (κ1) is 13.3. The van der Waals surface area contributed by atoms with Gasteiger partial charge in [0, 0.05) is 24.3 Å². The van der Waals surface area contributed by atoms with E-state index in [4.69, 9.17) is 15.2 Å². The van der Waals surface area contributed by atoms with Crippen LogP contribution in [0.2, 0.25) is 0 Å². The molecular weight excluding hydrogens is 233 g/mol. The van der Waals surface area contributed by atoms with Gasteiger partial charge in [0.1, 0.15) is 11.6 Å². The summed E-state index contributed by atoms with van der Waals surface area (Å²) in [5.74, 6) is 0.218. The second-order valence-electron chi connectivity index (χ2n) is 4.94. The summed E-state index contributed by atoms with van der Waals surface area (Å²) < 4.78 is 24.0. The molecule has 0 atom stereocenters. The Balaban J connectivity index is 2.54.